The summed E-state index contributed by atoms with van der Waals surface area (Å²) in [6.45, 7) is 0.451. The number of sulfone groups is 1. The highest BCUT2D eigenvalue weighted by atomic mass is 35.5. The maximum absolute atomic E-state index is 12.0. The van der Waals surface area contributed by atoms with Gasteiger partial charge in [0, 0.05) is 28.5 Å². The molecule has 27 heavy (non-hydrogen) atoms. The van der Waals surface area contributed by atoms with Crippen LogP contribution in [0.3, 0.4) is 0 Å². The van der Waals surface area contributed by atoms with E-state index in [4.69, 9.17) is 16.3 Å². The number of hydrogen-bond acceptors (Lipinski definition) is 6. The van der Waals surface area contributed by atoms with Crippen molar-refractivity contribution in [2.24, 2.45) is 0 Å². The van der Waals surface area contributed by atoms with Crippen LogP contribution in [-0.4, -0.2) is 46.5 Å². The summed E-state index contributed by atoms with van der Waals surface area (Å²) in [5.74, 6) is 0.720. The normalized spacial score (nSPS) is 11.1. The Kier molecular flexibility index (Phi) is 7.82. The summed E-state index contributed by atoms with van der Waals surface area (Å²) < 4.78 is 29.1. The van der Waals surface area contributed by atoms with Gasteiger partial charge in [0.1, 0.15) is 10.6 Å². The van der Waals surface area contributed by atoms with Crippen LogP contribution in [0.5, 0.6) is 5.75 Å². The van der Waals surface area contributed by atoms with Gasteiger partial charge in [-0.1, -0.05) is 17.7 Å². The Bertz CT molecular complexity index is 887. The zero-order chi connectivity index (χ0) is 19.9. The number of nitrogens with one attached hydrogen (secondary N) is 2. The van der Waals surface area contributed by atoms with Gasteiger partial charge in [-0.15, -0.1) is 11.8 Å². The summed E-state index contributed by atoms with van der Waals surface area (Å²) in [7, 11) is -2.11. The molecule has 0 heterocycles. The second kappa shape index (κ2) is 9.87. The van der Waals surface area contributed by atoms with Crippen molar-refractivity contribution in [2.45, 2.75) is 9.79 Å². The van der Waals surface area contributed by atoms with Crippen molar-refractivity contribution in [1.82, 2.24) is 5.32 Å². The number of rotatable bonds is 9. The zero-order valence-corrected chi connectivity index (χ0v) is 17.4. The molecule has 2 rings (SSSR count). The van der Waals surface area contributed by atoms with E-state index in [1.165, 1.54) is 7.11 Å². The van der Waals surface area contributed by atoms with Crippen LogP contribution in [0.1, 0.15) is 0 Å². The molecule has 0 atom stereocenters. The summed E-state index contributed by atoms with van der Waals surface area (Å²) in [5, 5.41) is 6.34. The zero-order valence-electron chi connectivity index (χ0n) is 15.0. The Morgan fingerprint density at radius 3 is 2.52 bits per heavy atom. The number of anilines is 1. The van der Waals surface area contributed by atoms with Crippen LogP contribution in [0.25, 0.3) is 0 Å². The topological polar surface area (TPSA) is 84.5 Å². The second-order valence-corrected chi connectivity index (χ2v) is 9.17. The van der Waals surface area contributed by atoms with Crippen molar-refractivity contribution >= 4 is 44.8 Å². The van der Waals surface area contributed by atoms with Gasteiger partial charge in [0.2, 0.25) is 5.91 Å². The number of carbonyl (C=O) groups excluding carboxylic acids is 1. The van der Waals surface area contributed by atoms with Crippen LogP contribution >= 0.6 is 23.4 Å². The summed E-state index contributed by atoms with van der Waals surface area (Å²) >= 11 is 7.45. The third kappa shape index (κ3) is 6.64. The molecule has 6 nitrogen and oxygen atoms in total. The fourth-order valence-electron chi connectivity index (χ4n) is 2.33. The second-order valence-electron chi connectivity index (χ2n) is 5.62. The van der Waals surface area contributed by atoms with Crippen LogP contribution in [0.4, 0.5) is 5.69 Å². The van der Waals surface area contributed by atoms with Gasteiger partial charge in [-0.05, 0) is 36.4 Å². The van der Waals surface area contributed by atoms with Crippen molar-refractivity contribution in [3.63, 3.8) is 0 Å². The van der Waals surface area contributed by atoms with E-state index in [9.17, 15) is 13.2 Å². The summed E-state index contributed by atoms with van der Waals surface area (Å²) in [5.41, 5.74) is 0.336. The van der Waals surface area contributed by atoms with E-state index in [0.29, 0.717) is 23.0 Å². The third-order valence-electron chi connectivity index (χ3n) is 3.52. The quantitative estimate of drug-likeness (QED) is 0.471. The molecular weight excluding hydrogens is 408 g/mol. The number of ether oxygens (including phenoxy) is 1. The molecule has 0 aliphatic rings. The van der Waals surface area contributed by atoms with Gasteiger partial charge in [0.15, 0.2) is 9.84 Å². The average Bonchev–Trinajstić information content (AvgIpc) is 2.63. The van der Waals surface area contributed by atoms with E-state index in [2.05, 4.69) is 10.6 Å². The number of halogens is 1. The minimum atomic E-state index is -3.51. The monoisotopic (exact) mass is 428 g/mol. The molecule has 0 radical (unpaired) electrons. The van der Waals surface area contributed by atoms with Gasteiger partial charge in [-0.3, -0.25) is 4.79 Å². The highest BCUT2D eigenvalue weighted by Gasteiger charge is 2.19. The molecule has 9 heteroatoms. The van der Waals surface area contributed by atoms with Gasteiger partial charge in [-0.25, -0.2) is 8.42 Å². The molecule has 2 N–H and O–H groups in total. The molecule has 0 bridgehead atoms. The van der Waals surface area contributed by atoms with Crippen LogP contribution in [0.15, 0.2) is 52.3 Å². The van der Waals surface area contributed by atoms with Crippen molar-refractivity contribution in [3.05, 3.63) is 47.5 Å². The Morgan fingerprint density at radius 2 is 1.89 bits per heavy atom. The Balaban J connectivity index is 1.84. The first-order valence-electron chi connectivity index (χ1n) is 8.07. The lowest BCUT2D eigenvalue weighted by molar-refractivity contribution is -0.119. The first-order chi connectivity index (χ1) is 12.8. The highest BCUT2D eigenvalue weighted by molar-refractivity contribution is 7.99. The summed E-state index contributed by atoms with van der Waals surface area (Å²) in [6.07, 6.45) is 1.10. The molecule has 0 spiro atoms. The molecule has 0 saturated heterocycles. The molecule has 0 aliphatic carbocycles. The van der Waals surface area contributed by atoms with E-state index >= 15 is 0 Å². The number of methoxy groups -OCH3 is 1. The molecule has 0 saturated carbocycles. The molecule has 0 aliphatic heterocycles. The smallest absolute Gasteiger partial charge is 0.239 e. The van der Waals surface area contributed by atoms with Crippen LogP contribution in [0.2, 0.25) is 5.02 Å². The number of hydrogen-bond donors (Lipinski definition) is 2. The number of benzene rings is 2. The number of amides is 1. The van der Waals surface area contributed by atoms with Crippen molar-refractivity contribution in [3.8, 4) is 5.75 Å². The third-order valence-corrected chi connectivity index (χ3v) is 5.94. The maximum atomic E-state index is 12.0. The van der Waals surface area contributed by atoms with Crippen molar-refractivity contribution in [1.29, 1.82) is 0 Å². The first kappa shape index (κ1) is 21.4. The predicted molar refractivity (Wildman–Crippen MR) is 110 cm³/mol. The van der Waals surface area contributed by atoms with Crippen molar-refractivity contribution < 1.29 is 17.9 Å². The molecule has 0 aromatic heterocycles. The number of carbonyl (C=O) groups is 1. The standard InChI is InChI=1S/C18H21ClN2O4S2/c1-25-16-5-3-4-15(18(16)27(2,23)24)21-12-17(22)20-10-11-26-14-8-6-13(19)7-9-14/h3-9,21H,10-12H2,1-2H3,(H,20,22). The lowest BCUT2D eigenvalue weighted by Crippen LogP contribution is -2.31. The fraction of sp³-hybridized carbons (Fsp3) is 0.278. The maximum Gasteiger partial charge on any atom is 0.239 e. The molecule has 2 aromatic rings. The van der Waals surface area contributed by atoms with Crippen molar-refractivity contribution in [2.75, 3.05) is 37.5 Å². The van der Waals surface area contributed by atoms with E-state index < -0.39 is 9.84 Å². The van der Waals surface area contributed by atoms with E-state index in [-0.39, 0.29) is 23.1 Å². The SMILES string of the molecule is COc1cccc(NCC(=O)NCCSc2ccc(Cl)cc2)c1S(C)(=O)=O. The van der Waals surface area contributed by atoms with E-state index in [1.54, 1.807) is 30.0 Å². The molecule has 0 fully saturated rings. The van der Waals surface area contributed by atoms with E-state index in [1.807, 2.05) is 24.3 Å². The van der Waals surface area contributed by atoms with Gasteiger partial charge in [0.25, 0.3) is 0 Å². The molecule has 1 amide bonds. The first-order valence-corrected chi connectivity index (χ1v) is 11.3. The molecule has 146 valence electrons. The van der Waals surface area contributed by atoms with Crippen LogP contribution in [-0.2, 0) is 14.6 Å². The largest absolute Gasteiger partial charge is 0.495 e. The Morgan fingerprint density at radius 1 is 1.19 bits per heavy atom. The summed E-state index contributed by atoms with van der Waals surface area (Å²) in [6, 6.07) is 12.3. The predicted octanol–water partition coefficient (Wildman–Crippen LogP) is 3.07. The lowest BCUT2D eigenvalue weighted by Gasteiger charge is -2.14. The van der Waals surface area contributed by atoms with Gasteiger partial charge < -0.3 is 15.4 Å². The lowest BCUT2D eigenvalue weighted by atomic mass is 10.3. The van der Waals surface area contributed by atoms with Crippen LogP contribution in [0, 0.1) is 0 Å². The molecular formula is C18H21ClN2O4S2. The summed E-state index contributed by atoms with van der Waals surface area (Å²) in [4.78, 5) is 13.1. The van der Waals surface area contributed by atoms with Gasteiger partial charge in [0.05, 0.1) is 19.3 Å². The fourth-order valence-corrected chi connectivity index (χ4v) is 4.28. The average molecular weight is 429 g/mol. The number of thioether (sulfide) groups is 1. The van der Waals surface area contributed by atoms with Crippen LogP contribution < -0.4 is 15.4 Å². The Labute approximate surface area is 168 Å². The van der Waals surface area contributed by atoms with Gasteiger partial charge >= 0.3 is 0 Å². The van der Waals surface area contributed by atoms with Gasteiger partial charge in [-0.2, -0.15) is 0 Å². The van der Waals surface area contributed by atoms with E-state index in [0.717, 1.165) is 11.2 Å². The Hall–Kier alpha value is -1.90. The minimum absolute atomic E-state index is 0.0404. The molecule has 0 unspecified atom stereocenters. The molecule has 2 aromatic carbocycles. The minimum Gasteiger partial charge on any atom is -0.495 e. The highest BCUT2D eigenvalue weighted by Crippen LogP contribution is 2.31.